The van der Waals surface area contributed by atoms with Crippen LogP contribution >= 0.6 is 15.9 Å². The van der Waals surface area contributed by atoms with Crippen LogP contribution in [0.4, 0.5) is 5.69 Å². The van der Waals surface area contributed by atoms with E-state index in [4.69, 9.17) is 5.73 Å². The molecule has 0 saturated carbocycles. The van der Waals surface area contributed by atoms with E-state index in [0.29, 0.717) is 11.3 Å². The Hall–Kier alpha value is -1.56. The molecule has 0 aliphatic rings. The summed E-state index contributed by atoms with van der Waals surface area (Å²) in [6.45, 7) is 1.55. The van der Waals surface area contributed by atoms with E-state index in [2.05, 4.69) is 26.0 Å². The summed E-state index contributed by atoms with van der Waals surface area (Å²) in [6.07, 6.45) is 0. The molecule has 0 fully saturated rings. The van der Waals surface area contributed by atoms with E-state index < -0.39 is 12.0 Å². The maximum atomic E-state index is 11.7. The molecular weight excluding hydrogens is 288 g/mol. The molecule has 1 atom stereocenters. The zero-order valence-electron chi connectivity index (χ0n) is 9.49. The normalized spacial score (nSPS) is 11.7. The molecule has 0 radical (unpaired) electrons. The third kappa shape index (κ3) is 3.45. The zero-order valence-corrected chi connectivity index (χ0v) is 11.1. The van der Waals surface area contributed by atoms with Gasteiger partial charge in [0.15, 0.2) is 0 Å². The van der Waals surface area contributed by atoms with E-state index in [1.54, 1.807) is 19.1 Å². The topological polar surface area (TPSA) is 81.4 Å². The Kier molecular flexibility index (Phi) is 4.51. The summed E-state index contributed by atoms with van der Waals surface area (Å²) in [7, 11) is 1.27. The van der Waals surface area contributed by atoms with Gasteiger partial charge >= 0.3 is 5.97 Å². The van der Waals surface area contributed by atoms with Crippen molar-refractivity contribution >= 4 is 33.5 Å². The van der Waals surface area contributed by atoms with Crippen LogP contribution < -0.4 is 11.1 Å². The second-order valence-electron chi connectivity index (χ2n) is 3.45. The lowest BCUT2D eigenvalue weighted by molar-refractivity contribution is -0.142. The number of rotatable bonds is 3. The number of nitrogens with two attached hydrogens (primary N) is 1. The quantitative estimate of drug-likeness (QED) is 0.652. The summed E-state index contributed by atoms with van der Waals surface area (Å²) in [6, 6.07) is 4.12. The average Bonchev–Trinajstić information content (AvgIpc) is 2.31. The summed E-state index contributed by atoms with van der Waals surface area (Å²) in [5.74, 6) is -0.870. The summed E-state index contributed by atoms with van der Waals surface area (Å²) in [5, 5.41) is 2.51. The van der Waals surface area contributed by atoms with Gasteiger partial charge in [-0.05, 0) is 41.1 Å². The number of anilines is 1. The van der Waals surface area contributed by atoms with Crippen LogP contribution in [0, 0.1) is 0 Å². The van der Waals surface area contributed by atoms with Gasteiger partial charge in [-0.15, -0.1) is 0 Å². The smallest absolute Gasteiger partial charge is 0.328 e. The van der Waals surface area contributed by atoms with Gasteiger partial charge in [0, 0.05) is 15.7 Å². The number of esters is 1. The van der Waals surface area contributed by atoms with Crippen LogP contribution in [-0.2, 0) is 9.53 Å². The molecule has 6 heteroatoms. The lowest BCUT2D eigenvalue weighted by Gasteiger charge is -2.11. The molecule has 3 N–H and O–H groups in total. The minimum absolute atomic E-state index is 0.373. The molecule has 0 heterocycles. The molecule has 17 heavy (non-hydrogen) atoms. The van der Waals surface area contributed by atoms with Crippen LogP contribution in [0.15, 0.2) is 22.7 Å². The van der Waals surface area contributed by atoms with Gasteiger partial charge in [-0.2, -0.15) is 0 Å². The molecule has 1 aromatic carbocycles. The highest BCUT2D eigenvalue weighted by Crippen LogP contribution is 2.20. The molecule has 0 bridgehead atoms. The van der Waals surface area contributed by atoms with Gasteiger partial charge in [-0.25, -0.2) is 4.79 Å². The molecule has 1 unspecified atom stereocenters. The highest BCUT2D eigenvalue weighted by molar-refractivity contribution is 9.10. The van der Waals surface area contributed by atoms with Crippen molar-refractivity contribution < 1.29 is 14.3 Å². The van der Waals surface area contributed by atoms with Gasteiger partial charge in [-0.3, -0.25) is 4.79 Å². The van der Waals surface area contributed by atoms with Crippen LogP contribution in [-0.4, -0.2) is 25.0 Å². The standard InChI is InChI=1S/C11H13BrN2O3/c1-6(11(16)17-2)14-10(15)7-3-4-8(12)9(13)5-7/h3-6H,13H2,1-2H3,(H,14,15). The summed E-state index contributed by atoms with van der Waals surface area (Å²) < 4.78 is 5.22. The van der Waals surface area contributed by atoms with E-state index in [9.17, 15) is 9.59 Å². The second-order valence-corrected chi connectivity index (χ2v) is 4.31. The Balaban J connectivity index is 2.76. The van der Waals surface area contributed by atoms with Crippen molar-refractivity contribution in [3.63, 3.8) is 0 Å². The van der Waals surface area contributed by atoms with Crippen molar-refractivity contribution in [3.8, 4) is 0 Å². The van der Waals surface area contributed by atoms with Gasteiger partial charge in [0.1, 0.15) is 6.04 Å². The first-order chi connectivity index (χ1) is 7.95. The first-order valence-electron chi connectivity index (χ1n) is 4.89. The lowest BCUT2D eigenvalue weighted by Crippen LogP contribution is -2.39. The molecule has 1 amide bonds. The summed E-state index contributed by atoms with van der Waals surface area (Å²) in [5.41, 5.74) is 6.51. The number of amides is 1. The fourth-order valence-electron chi connectivity index (χ4n) is 1.20. The summed E-state index contributed by atoms with van der Waals surface area (Å²) >= 11 is 3.23. The molecule has 0 saturated heterocycles. The maximum absolute atomic E-state index is 11.7. The SMILES string of the molecule is COC(=O)C(C)NC(=O)c1ccc(Br)c(N)c1. The third-order valence-electron chi connectivity index (χ3n) is 2.16. The Labute approximate surface area is 107 Å². The predicted molar refractivity (Wildman–Crippen MR) is 67.5 cm³/mol. The van der Waals surface area contributed by atoms with Gasteiger partial charge in [0.25, 0.3) is 5.91 Å². The number of benzene rings is 1. The lowest BCUT2D eigenvalue weighted by atomic mass is 10.2. The molecule has 0 aliphatic heterocycles. The van der Waals surface area contributed by atoms with E-state index in [-0.39, 0.29) is 5.91 Å². The second kappa shape index (κ2) is 5.67. The molecule has 0 aliphatic carbocycles. The van der Waals surface area contributed by atoms with E-state index >= 15 is 0 Å². The van der Waals surface area contributed by atoms with Gasteiger partial charge in [0.05, 0.1) is 7.11 Å². The van der Waals surface area contributed by atoms with Crippen molar-refractivity contribution in [2.75, 3.05) is 12.8 Å². The van der Waals surface area contributed by atoms with Crippen LogP contribution in [0.2, 0.25) is 0 Å². The van der Waals surface area contributed by atoms with Crippen molar-refractivity contribution in [3.05, 3.63) is 28.2 Å². The van der Waals surface area contributed by atoms with Crippen LogP contribution in [0.25, 0.3) is 0 Å². The number of hydrogen-bond donors (Lipinski definition) is 2. The monoisotopic (exact) mass is 300 g/mol. The first-order valence-corrected chi connectivity index (χ1v) is 5.68. The van der Waals surface area contributed by atoms with Crippen LogP contribution in [0.5, 0.6) is 0 Å². The fraction of sp³-hybridized carbons (Fsp3) is 0.273. The van der Waals surface area contributed by atoms with Crippen molar-refractivity contribution in [1.29, 1.82) is 0 Å². The number of carbonyl (C=O) groups is 2. The fourth-order valence-corrected chi connectivity index (χ4v) is 1.45. The number of methoxy groups -OCH3 is 1. The van der Waals surface area contributed by atoms with Gasteiger partial charge in [0.2, 0.25) is 0 Å². The molecule has 1 rings (SSSR count). The third-order valence-corrected chi connectivity index (χ3v) is 2.88. The molecule has 0 spiro atoms. The number of nitrogen functional groups attached to an aromatic ring is 1. The molecule has 5 nitrogen and oxygen atoms in total. The number of halogens is 1. The van der Waals surface area contributed by atoms with Crippen molar-refractivity contribution in [2.24, 2.45) is 0 Å². The van der Waals surface area contributed by atoms with Gasteiger partial charge < -0.3 is 15.8 Å². The van der Waals surface area contributed by atoms with Crippen molar-refractivity contribution in [2.45, 2.75) is 13.0 Å². The van der Waals surface area contributed by atoms with Crippen LogP contribution in [0.3, 0.4) is 0 Å². The number of hydrogen-bond acceptors (Lipinski definition) is 4. The highest BCUT2D eigenvalue weighted by Gasteiger charge is 2.17. The van der Waals surface area contributed by atoms with Crippen molar-refractivity contribution in [1.82, 2.24) is 5.32 Å². The first kappa shape index (κ1) is 13.5. The molecular formula is C11H13BrN2O3. The van der Waals surface area contributed by atoms with Crippen LogP contribution in [0.1, 0.15) is 17.3 Å². The molecule has 92 valence electrons. The highest BCUT2D eigenvalue weighted by atomic mass is 79.9. The number of nitrogens with one attached hydrogen (secondary N) is 1. The number of carbonyl (C=O) groups excluding carboxylic acids is 2. The van der Waals surface area contributed by atoms with E-state index in [1.165, 1.54) is 13.2 Å². The Morgan fingerprint density at radius 2 is 2.12 bits per heavy atom. The van der Waals surface area contributed by atoms with E-state index in [1.807, 2.05) is 0 Å². The predicted octanol–water partition coefficient (Wildman–Crippen LogP) is 1.32. The Bertz CT molecular complexity index is 448. The zero-order chi connectivity index (χ0) is 13.0. The Morgan fingerprint density at radius 3 is 2.65 bits per heavy atom. The number of ether oxygens (including phenoxy) is 1. The van der Waals surface area contributed by atoms with E-state index in [0.717, 1.165) is 4.47 Å². The minimum Gasteiger partial charge on any atom is -0.467 e. The Morgan fingerprint density at radius 1 is 1.47 bits per heavy atom. The average molecular weight is 301 g/mol. The largest absolute Gasteiger partial charge is 0.467 e. The molecule has 1 aromatic rings. The molecule has 0 aromatic heterocycles. The van der Waals surface area contributed by atoms with Gasteiger partial charge in [-0.1, -0.05) is 0 Å². The summed E-state index contributed by atoms with van der Waals surface area (Å²) in [4.78, 5) is 22.9. The minimum atomic E-state index is -0.697. The maximum Gasteiger partial charge on any atom is 0.328 e.